The first-order valence-electron chi connectivity index (χ1n) is 7.53. The van der Waals surface area contributed by atoms with Crippen LogP contribution in [0.1, 0.15) is 22.8 Å². The van der Waals surface area contributed by atoms with Gasteiger partial charge in [-0.25, -0.2) is 0 Å². The van der Waals surface area contributed by atoms with Gasteiger partial charge >= 0.3 is 0 Å². The fourth-order valence-electron chi connectivity index (χ4n) is 2.56. The number of benzene rings is 1. The first-order chi connectivity index (χ1) is 11.8. The molecule has 0 bridgehead atoms. The summed E-state index contributed by atoms with van der Waals surface area (Å²) in [5.74, 6) is -0.434. The van der Waals surface area contributed by atoms with Crippen molar-refractivity contribution in [3.8, 4) is 0 Å². The molecular formula is C16H17N5O4. The Morgan fingerprint density at radius 3 is 2.92 bits per heavy atom. The Morgan fingerprint density at radius 1 is 1.52 bits per heavy atom. The molecule has 0 saturated heterocycles. The molecule has 1 amide bonds. The number of rotatable bonds is 5. The topological polar surface area (TPSA) is 126 Å². The SMILES string of the molecule is Cn1cc(C(C)(O)CNC(=O)c2c[nH]c3ccc([N+](=O)[O-])cc23)cn1. The van der Waals surface area contributed by atoms with Crippen molar-refractivity contribution < 1.29 is 14.8 Å². The lowest BCUT2D eigenvalue weighted by molar-refractivity contribution is -0.384. The van der Waals surface area contributed by atoms with Gasteiger partial charge in [-0.05, 0) is 13.0 Å². The minimum Gasteiger partial charge on any atom is -0.383 e. The molecule has 0 radical (unpaired) electrons. The maximum Gasteiger partial charge on any atom is 0.270 e. The maximum absolute atomic E-state index is 12.5. The summed E-state index contributed by atoms with van der Waals surface area (Å²) in [5.41, 5.74) is 0.0889. The highest BCUT2D eigenvalue weighted by Crippen LogP contribution is 2.24. The molecule has 0 aliphatic rings. The lowest BCUT2D eigenvalue weighted by Gasteiger charge is -2.22. The van der Waals surface area contributed by atoms with Crippen LogP contribution in [0.4, 0.5) is 5.69 Å². The minimum atomic E-state index is -1.29. The number of carbonyl (C=O) groups excluding carboxylic acids is 1. The summed E-state index contributed by atoms with van der Waals surface area (Å²) in [6.07, 6.45) is 4.69. The zero-order valence-corrected chi connectivity index (χ0v) is 13.7. The lowest BCUT2D eigenvalue weighted by atomic mass is 9.99. The van der Waals surface area contributed by atoms with E-state index in [2.05, 4.69) is 15.4 Å². The number of H-pyrrole nitrogens is 1. The fraction of sp³-hybridized carbons (Fsp3) is 0.250. The van der Waals surface area contributed by atoms with E-state index in [0.29, 0.717) is 16.5 Å². The highest BCUT2D eigenvalue weighted by molar-refractivity contribution is 6.07. The van der Waals surface area contributed by atoms with E-state index >= 15 is 0 Å². The second kappa shape index (κ2) is 6.02. The van der Waals surface area contributed by atoms with Gasteiger partial charge in [0.2, 0.25) is 0 Å². The average molecular weight is 343 g/mol. The van der Waals surface area contributed by atoms with Gasteiger partial charge in [0.25, 0.3) is 11.6 Å². The van der Waals surface area contributed by atoms with Gasteiger partial charge in [0, 0.05) is 48.0 Å². The van der Waals surface area contributed by atoms with Crippen molar-refractivity contribution in [3.05, 3.63) is 58.0 Å². The van der Waals surface area contributed by atoms with Crippen molar-refractivity contribution in [2.24, 2.45) is 7.05 Å². The molecule has 9 nitrogen and oxygen atoms in total. The Kier molecular flexibility index (Phi) is 4.01. The summed E-state index contributed by atoms with van der Waals surface area (Å²) in [6, 6.07) is 4.27. The van der Waals surface area contributed by atoms with Crippen LogP contribution >= 0.6 is 0 Å². The zero-order chi connectivity index (χ0) is 18.2. The van der Waals surface area contributed by atoms with Crippen LogP contribution in [0.2, 0.25) is 0 Å². The molecule has 0 aliphatic carbocycles. The number of amides is 1. The van der Waals surface area contributed by atoms with Crippen LogP contribution in [0.25, 0.3) is 10.9 Å². The molecule has 130 valence electrons. The number of carbonyl (C=O) groups is 1. The van der Waals surface area contributed by atoms with Gasteiger partial charge in [-0.15, -0.1) is 0 Å². The second-order valence-corrected chi connectivity index (χ2v) is 6.05. The molecule has 3 aromatic rings. The molecule has 1 aromatic carbocycles. The molecular weight excluding hydrogens is 326 g/mol. The molecule has 9 heteroatoms. The number of non-ortho nitro benzene ring substituents is 1. The second-order valence-electron chi connectivity index (χ2n) is 6.05. The third-order valence-corrected chi connectivity index (χ3v) is 4.04. The number of hydrogen-bond donors (Lipinski definition) is 3. The summed E-state index contributed by atoms with van der Waals surface area (Å²) in [6.45, 7) is 1.55. The van der Waals surface area contributed by atoms with Gasteiger partial charge in [-0.2, -0.15) is 5.10 Å². The lowest BCUT2D eigenvalue weighted by Crippen LogP contribution is -2.38. The molecule has 0 fully saturated rings. The van der Waals surface area contributed by atoms with Gasteiger partial charge in [0.05, 0.1) is 23.2 Å². The molecule has 2 aromatic heterocycles. The van der Waals surface area contributed by atoms with E-state index < -0.39 is 16.4 Å². The van der Waals surface area contributed by atoms with Gasteiger partial charge in [0.15, 0.2) is 0 Å². The van der Waals surface area contributed by atoms with E-state index in [1.807, 2.05) is 0 Å². The normalized spacial score (nSPS) is 13.6. The van der Waals surface area contributed by atoms with Crippen LogP contribution in [-0.2, 0) is 12.6 Å². The van der Waals surface area contributed by atoms with Gasteiger partial charge < -0.3 is 15.4 Å². The molecule has 25 heavy (non-hydrogen) atoms. The third-order valence-electron chi connectivity index (χ3n) is 4.04. The summed E-state index contributed by atoms with van der Waals surface area (Å²) in [7, 11) is 1.73. The predicted octanol–water partition coefficient (Wildman–Crippen LogP) is 1.45. The highest BCUT2D eigenvalue weighted by atomic mass is 16.6. The average Bonchev–Trinajstić information content (AvgIpc) is 3.18. The van der Waals surface area contributed by atoms with E-state index in [4.69, 9.17) is 0 Å². The molecule has 0 spiro atoms. The van der Waals surface area contributed by atoms with Crippen LogP contribution in [0, 0.1) is 10.1 Å². The Hall–Kier alpha value is -3.20. The summed E-state index contributed by atoms with van der Waals surface area (Å²) >= 11 is 0. The van der Waals surface area contributed by atoms with Crippen molar-refractivity contribution in [1.82, 2.24) is 20.1 Å². The van der Waals surface area contributed by atoms with E-state index in [9.17, 15) is 20.0 Å². The molecule has 0 saturated carbocycles. The quantitative estimate of drug-likeness (QED) is 0.477. The third kappa shape index (κ3) is 3.22. The van der Waals surface area contributed by atoms with Gasteiger partial charge in [-0.1, -0.05) is 0 Å². The first-order valence-corrected chi connectivity index (χ1v) is 7.53. The standard InChI is InChI=1S/C16H17N5O4/c1-16(23,10-6-19-20(2)8-10)9-18-15(22)13-7-17-14-4-3-11(21(24)25)5-12(13)14/h3-8,17,23H,9H2,1-2H3,(H,18,22). The number of aryl methyl sites for hydroxylation is 1. The fourth-order valence-corrected chi connectivity index (χ4v) is 2.56. The van der Waals surface area contributed by atoms with Crippen LogP contribution in [0.15, 0.2) is 36.8 Å². The number of nitrogens with one attached hydrogen (secondary N) is 2. The zero-order valence-electron chi connectivity index (χ0n) is 13.7. The highest BCUT2D eigenvalue weighted by Gasteiger charge is 2.26. The molecule has 2 heterocycles. The number of hydrogen-bond acceptors (Lipinski definition) is 5. The predicted molar refractivity (Wildman–Crippen MR) is 90.1 cm³/mol. The molecule has 3 N–H and O–H groups in total. The van der Waals surface area contributed by atoms with E-state index in [-0.39, 0.29) is 17.8 Å². The van der Waals surface area contributed by atoms with Crippen LogP contribution in [0.5, 0.6) is 0 Å². The van der Waals surface area contributed by atoms with Crippen LogP contribution in [-0.4, -0.2) is 37.2 Å². The van der Waals surface area contributed by atoms with Crippen molar-refractivity contribution in [1.29, 1.82) is 0 Å². The number of nitro benzene ring substituents is 1. The maximum atomic E-state index is 12.5. The number of nitro groups is 1. The van der Waals surface area contributed by atoms with E-state index in [1.54, 1.807) is 30.9 Å². The molecule has 1 atom stereocenters. The largest absolute Gasteiger partial charge is 0.383 e. The summed E-state index contributed by atoms with van der Waals surface area (Å²) in [4.78, 5) is 25.8. The van der Waals surface area contributed by atoms with E-state index in [0.717, 1.165) is 0 Å². The van der Waals surface area contributed by atoms with Crippen molar-refractivity contribution in [3.63, 3.8) is 0 Å². The smallest absolute Gasteiger partial charge is 0.270 e. The van der Waals surface area contributed by atoms with E-state index in [1.165, 1.54) is 24.5 Å². The Bertz CT molecular complexity index is 956. The number of fused-ring (bicyclic) bond motifs is 1. The monoisotopic (exact) mass is 343 g/mol. The van der Waals surface area contributed by atoms with Gasteiger partial charge in [0.1, 0.15) is 5.60 Å². The van der Waals surface area contributed by atoms with Crippen LogP contribution in [0.3, 0.4) is 0 Å². The number of aliphatic hydroxyl groups is 1. The summed E-state index contributed by atoms with van der Waals surface area (Å²) < 4.78 is 1.56. The minimum absolute atomic E-state index is 0.0286. The molecule has 3 rings (SSSR count). The number of aromatic amines is 1. The van der Waals surface area contributed by atoms with Crippen LogP contribution < -0.4 is 5.32 Å². The molecule has 0 aliphatic heterocycles. The van der Waals surface area contributed by atoms with Gasteiger partial charge in [-0.3, -0.25) is 19.6 Å². The van der Waals surface area contributed by atoms with Crippen molar-refractivity contribution in [2.45, 2.75) is 12.5 Å². The number of aromatic nitrogens is 3. The van der Waals surface area contributed by atoms with Crippen molar-refractivity contribution >= 4 is 22.5 Å². The Labute approximate surface area is 142 Å². The number of nitrogens with zero attached hydrogens (tertiary/aromatic N) is 3. The Balaban J connectivity index is 1.80. The first kappa shape index (κ1) is 16.7. The summed E-state index contributed by atoms with van der Waals surface area (Å²) in [5, 5.41) is 28.5. The Morgan fingerprint density at radius 2 is 2.28 bits per heavy atom. The molecule has 1 unspecified atom stereocenters. The van der Waals surface area contributed by atoms with Crippen molar-refractivity contribution in [2.75, 3.05) is 6.54 Å².